The minimum Gasteiger partial charge on any atom is -0.494 e. The van der Waals surface area contributed by atoms with Crippen LogP contribution in [-0.2, 0) is 6.18 Å². The molecule has 0 unspecified atom stereocenters. The molecule has 0 atom stereocenters. The minimum atomic E-state index is -4.57. The number of nitrogens with zero attached hydrogens (tertiary/aromatic N) is 3. The smallest absolute Gasteiger partial charge is 0.423 e. The lowest BCUT2D eigenvalue weighted by Crippen LogP contribution is -2.20. The third-order valence-corrected chi connectivity index (χ3v) is 3.33. The zero-order valence-corrected chi connectivity index (χ0v) is 14.3. The van der Waals surface area contributed by atoms with Gasteiger partial charge in [0.15, 0.2) is 0 Å². The lowest BCUT2D eigenvalue weighted by molar-refractivity contribution is -0.139. The number of aromatic nitrogens is 2. The monoisotopic (exact) mass is 355 g/mol. The average Bonchev–Trinajstić information content (AvgIpc) is 2.56. The van der Waals surface area contributed by atoms with Crippen molar-refractivity contribution in [3.05, 3.63) is 36.0 Å². The molecule has 1 aromatic carbocycles. The van der Waals surface area contributed by atoms with Crippen molar-refractivity contribution in [2.45, 2.75) is 26.9 Å². The molecule has 0 saturated heterocycles. The molecule has 0 aliphatic carbocycles. The molecule has 2 aromatic rings. The van der Waals surface area contributed by atoms with Gasteiger partial charge in [-0.15, -0.1) is 0 Å². The third-order valence-electron chi connectivity index (χ3n) is 3.33. The predicted octanol–water partition coefficient (Wildman–Crippen LogP) is 4.45. The first-order chi connectivity index (χ1) is 11.9. The Hall–Kier alpha value is -2.51. The first-order valence-electron chi connectivity index (χ1n) is 7.98. The normalized spacial score (nSPS) is 11.3. The number of alkyl halides is 3. The third kappa shape index (κ3) is 4.52. The number of hydrogen-bond acceptors (Lipinski definition) is 5. The van der Waals surface area contributed by atoms with E-state index in [2.05, 4.69) is 9.97 Å². The van der Waals surface area contributed by atoms with Crippen molar-refractivity contribution in [2.24, 2.45) is 0 Å². The summed E-state index contributed by atoms with van der Waals surface area (Å²) in [6.45, 7) is 6.39. The van der Waals surface area contributed by atoms with Gasteiger partial charge in [-0.25, -0.2) is 4.98 Å². The highest BCUT2D eigenvalue weighted by Gasteiger charge is 2.36. The number of halogens is 3. The molecule has 8 heteroatoms. The van der Waals surface area contributed by atoms with Crippen LogP contribution in [0.15, 0.2) is 30.5 Å². The van der Waals surface area contributed by atoms with Gasteiger partial charge >= 0.3 is 6.18 Å². The summed E-state index contributed by atoms with van der Waals surface area (Å²) in [5, 5.41) is 0. The maximum Gasteiger partial charge on any atom is 0.423 e. The summed E-state index contributed by atoms with van der Waals surface area (Å²) in [6.07, 6.45) is -3.82. The lowest BCUT2D eigenvalue weighted by Gasteiger charge is -2.22. The maximum atomic E-state index is 13.1. The first kappa shape index (κ1) is 18.8. The van der Waals surface area contributed by atoms with E-state index in [1.807, 2.05) is 19.9 Å². The van der Waals surface area contributed by atoms with Gasteiger partial charge in [0.1, 0.15) is 11.3 Å². The van der Waals surface area contributed by atoms with Crippen molar-refractivity contribution in [3.8, 4) is 11.6 Å². The summed E-state index contributed by atoms with van der Waals surface area (Å²) in [7, 11) is 0. The van der Waals surface area contributed by atoms with Crippen molar-refractivity contribution in [1.29, 1.82) is 0 Å². The number of ether oxygens (including phenoxy) is 2. The van der Waals surface area contributed by atoms with E-state index in [-0.39, 0.29) is 12.6 Å². The zero-order valence-electron chi connectivity index (χ0n) is 14.3. The summed E-state index contributed by atoms with van der Waals surface area (Å²) >= 11 is 0. The van der Waals surface area contributed by atoms with Crippen LogP contribution in [0.5, 0.6) is 11.6 Å². The van der Waals surface area contributed by atoms with Crippen LogP contribution in [0.2, 0.25) is 0 Å². The highest BCUT2D eigenvalue weighted by atomic mass is 19.4. The van der Waals surface area contributed by atoms with Crippen molar-refractivity contribution >= 4 is 11.6 Å². The average molecular weight is 355 g/mol. The second-order valence-corrected chi connectivity index (χ2v) is 4.99. The van der Waals surface area contributed by atoms with Gasteiger partial charge in [0.05, 0.1) is 13.2 Å². The van der Waals surface area contributed by atoms with E-state index in [1.165, 1.54) is 0 Å². The Balaban J connectivity index is 2.43. The SMILES string of the molecule is CCOc1cccc(N(CC)c2ncc(C(F)(F)F)c(OCC)n2)c1. The molecule has 2 rings (SSSR count). The molecule has 1 aromatic heterocycles. The Morgan fingerprint density at radius 2 is 1.80 bits per heavy atom. The highest BCUT2D eigenvalue weighted by molar-refractivity contribution is 5.59. The molecule has 136 valence electrons. The van der Waals surface area contributed by atoms with Gasteiger partial charge in [0, 0.05) is 24.5 Å². The molecule has 0 spiro atoms. The van der Waals surface area contributed by atoms with Crippen LogP contribution in [0, 0.1) is 0 Å². The van der Waals surface area contributed by atoms with Gasteiger partial charge in [-0.05, 0) is 32.9 Å². The molecule has 1 heterocycles. The van der Waals surface area contributed by atoms with Gasteiger partial charge in [0.2, 0.25) is 11.8 Å². The van der Waals surface area contributed by atoms with Crippen LogP contribution in [0.25, 0.3) is 0 Å². The van der Waals surface area contributed by atoms with Crippen LogP contribution in [0.1, 0.15) is 26.3 Å². The Kier molecular flexibility index (Phi) is 6.06. The Morgan fingerprint density at radius 1 is 1.08 bits per heavy atom. The van der Waals surface area contributed by atoms with Crippen LogP contribution in [-0.4, -0.2) is 29.7 Å². The van der Waals surface area contributed by atoms with Crippen molar-refractivity contribution in [2.75, 3.05) is 24.7 Å². The number of anilines is 2. The van der Waals surface area contributed by atoms with Gasteiger partial charge < -0.3 is 14.4 Å². The van der Waals surface area contributed by atoms with E-state index in [4.69, 9.17) is 9.47 Å². The Labute approximate surface area is 144 Å². The summed E-state index contributed by atoms with van der Waals surface area (Å²) in [5.74, 6) is 0.322. The summed E-state index contributed by atoms with van der Waals surface area (Å²) < 4.78 is 49.7. The molecule has 5 nitrogen and oxygen atoms in total. The Morgan fingerprint density at radius 3 is 2.40 bits per heavy atom. The molecule has 0 fully saturated rings. The lowest BCUT2D eigenvalue weighted by atomic mass is 10.2. The number of hydrogen-bond donors (Lipinski definition) is 0. The number of benzene rings is 1. The van der Waals surface area contributed by atoms with Crippen LogP contribution in [0.4, 0.5) is 24.8 Å². The molecule has 0 radical (unpaired) electrons. The highest BCUT2D eigenvalue weighted by Crippen LogP contribution is 2.36. The van der Waals surface area contributed by atoms with Crippen LogP contribution in [0.3, 0.4) is 0 Å². The van der Waals surface area contributed by atoms with Gasteiger partial charge in [0.25, 0.3) is 0 Å². The fourth-order valence-electron chi connectivity index (χ4n) is 2.28. The van der Waals surface area contributed by atoms with Crippen molar-refractivity contribution < 1.29 is 22.6 Å². The summed E-state index contributed by atoms with van der Waals surface area (Å²) in [5.41, 5.74) is -0.270. The van der Waals surface area contributed by atoms with E-state index in [9.17, 15) is 13.2 Å². The van der Waals surface area contributed by atoms with Crippen molar-refractivity contribution in [3.63, 3.8) is 0 Å². The van der Waals surface area contributed by atoms with Crippen LogP contribution < -0.4 is 14.4 Å². The van der Waals surface area contributed by atoms with Gasteiger partial charge in [-0.3, -0.25) is 0 Å². The molecule has 0 bridgehead atoms. The topological polar surface area (TPSA) is 47.5 Å². The molecular weight excluding hydrogens is 335 g/mol. The second kappa shape index (κ2) is 8.04. The standard InChI is InChI=1S/C17H20F3N3O2/c1-4-23(12-8-7-9-13(10-12)24-5-2)16-21-11-14(17(18,19)20)15(22-16)25-6-3/h7-11H,4-6H2,1-3H3. The van der Waals surface area contributed by atoms with Crippen LogP contribution >= 0.6 is 0 Å². The van der Waals surface area contributed by atoms with Crippen molar-refractivity contribution in [1.82, 2.24) is 9.97 Å². The van der Waals surface area contributed by atoms with Gasteiger partial charge in [-0.2, -0.15) is 18.2 Å². The van der Waals surface area contributed by atoms with E-state index >= 15 is 0 Å². The molecule has 0 saturated carbocycles. The summed E-state index contributed by atoms with van der Waals surface area (Å²) in [6, 6.07) is 7.21. The number of rotatable bonds is 7. The molecule has 25 heavy (non-hydrogen) atoms. The maximum absolute atomic E-state index is 13.1. The largest absolute Gasteiger partial charge is 0.494 e. The fraction of sp³-hybridized carbons (Fsp3) is 0.412. The predicted molar refractivity (Wildman–Crippen MR) is 88.5 cm³/mol. The molecule has 0 aliphatic heterocycles. The summed E-state index contributed by atoms with van der Waals surface area (Å²) in [4.78, 5) is 9.55. The van der Waals surface area contributed by atoms with E-state index in [0.717, 1.165) is 11.9 Å². The minimum absolute atomic E-state index is 0.0749. The van der Waals surface area contributed by atoms with Gasteiger partial charge in [-0.1, -0.05) is 6.07 Å². The van der Waals surface area contributed by atoms with E-state index < -0.39 is 17.6 Å². The molecule has 0 N–H and O–H groups in total. The quantitative estimate of drug-likeness (QED) is 0.734. The molecule has 0 amide bonds. The Bertz CT molecular complexity index is 708. The molecule has 0 aliphatic rings. The fourth-order valence-corrected chi connectivity index (χ4v) is 2.28. The van der Waals surface area contributed by atoms with E-state index in [1.54, 1.807) is 30.0 Å². The zero-order chi connectivity index (χ0) is 18.4. The first-order valence-corrected chi connectivity index (χ1v) is 7.98. The molecular formula is C17H20F3N3O2. The second-order valence-electron chi connectivity index (χ2n) is 4.99. The van der Waals surface area contributed by atoms with E-state index in [0.29, 0.717) is 18.9 Å².